The van der Waals surface area contributed by atoms with Crippen LogP contribution in [-0.2, 0) is 4.79 Å². The minimum Gasteiger partial charge on any atom is -0.480 e. The van der Waals surface area contributed by atoms with Crippen molar-refractivity contribution < 1.29 is 14.3 Å². The van der Waals surface area contributed by atoms with Crippen molar-refractivity contribution in [2.75, 3.05) is 6.67 Å². The van der Waals surface area contributed by atoms with Gasteiger partial charge in [0.1, 0.15) is 5.54 Å². The van der Waals surface area contributed by atoms with Crippen LogP contribution in [0.1, 0.15) is 33.1 Å². The molecule has 0 saturated heterocycles. The number of carboxylic acids is 1. The molecule has 0 aromatic carbocycles. The molecule has 0 rings (SSSR count). The maximum absolute atomic E-state index is 12.1. The molecular weight excluding hydrogens is 173 g/mol. The standard InChI is InChI=1S/C9H18FNO2/c1-3-7(2)6-9(11,4-5-10)8(12)13/h7H,3-6,11H2,1-2H3,(H,12,13)/t7-,9-/m0/s1. The first-order valence-corrected chi connectivity index (χ1v) is 4.54. The van der Waals surface area contributed by atoms with Crippen LogP contribution < -0.4 is 5.73 Å². The van der Waals surface area contributed by atoms with Crippen LogP contribution in [0.5, 0.6) is 0 Å². The molecule has 0 unspecified atom stereocenters. The van der Waals surface area contributed by atoms with E-state index in [2.05, 4.69) is 0 Å². The van der Waals surface area contributed by atoms with E-state index in [1.165, 1.54) is 0 Å². The van der Waals surface area contributed by atoms with E-state index < -0.39 is 18.2 Å². The molecule has 0 aromatic heterocycles. The lowest BCUT2D eigenvalue weighted by Crippen LogP contribution is -2.49. The van der Waals surface area contributed by atoms with Gasteiger partial charge in [0.05, 0.1) is 6.67 Å². The summed E-state index contributed by atoms with van der Waals surface area (Å²) in [6.07, 6.45) is 1.09. The molecule has 13 heavy (non-hydrogen) atoms. The van der Waals surface area contributed by atoms with E-state index in [0.717, 1.165) is 6.42 Å². The monoisotopic (exact) mass is 191 g/mol. The lowest BCUT2D eigenvalue weighted by Gasteiger charge is -2.26. The number of carbonyl (C=O) groups is 1. The molecule has 78 valence electrons. The Kier molecular flexibility index (Phi) is 4.91. The van der Waals surface area contributed by atoms with Gasteiger partial charge in [-0.1, -0.05) is 20.3 Å². The van der Waals surface area contributed by atoms with Crippen molar-refractivity contribution >= 4 is 5.97 Å². The first-order chi connectivity index (χ1) is 5.96. The number of carboxylic acid groups (broad SMARTS) is 1. The van der Waals surface area contributed by atoms with Gasteiger partial charge in [0.2, 0.25) is 0 Å². The van der Waals surface area contributed by atoms with E-state index in [1.807, 2.05) is 13.8 Å². The van der Waals surface area contributed by atoms with Gasteiger partial charge in [0.15, 0.2) is 0 Å². The molecule has 0 saturated carbocycles. The van der Waals surface area contributed by atoms with Crippen LogP contribution in [0.25, 0.3) is 0 Å². The molecule has 0 aliphatic carbocycles. The van der Waals surface area contributed by atoms with Gasteiger partial charge in [-0.3, -0.25) is 9.18 Å². The number of nitrogens with two attached hydrogens (primary N) is 1. The Morgan fingerprint density at radius 1 is 1.69 bits per heavy atom. The van der Waals surface area contributed by atoms with E-state index in [1.54, 1.807) is 0 Å². The zero-order valence-corrected chi connectivity index (χ0v) is 8.22. The minimum absolute atomic E-state index is 0.104. The average Bonchev–Trinajstić information content (AvgIpc) is 2.04. The molecule has 0 aliphatic rings. The Hall–Kier alpha value is -0.640. The third-order valence-corrected chi connectivity index (χ3v) is 2.38. The molecule has 0 radical (unpaired) electrons. The van der Waals surface area contributed by atoms with Crippen molar-refractivity contribution in [3.05, 3.63) is 0 Å². The topological polar surface area (TPSA) is 63.3 Å². The van der Waals surface area contributed by atoms with Crippen LogP contribution in [-0.4, -0.2) is 23.3 Å². The van der Waals surface area contributed by atoms with Gasteiger partial charge in [0.25, 0.3) is 0 Å². The van der Waals surface area contributed by atoms with Crippen molar-refractivity contribution in [1.82, 2.24) is 0 Å². The molecule has 3 N–H and O–H groups in total. The van der Waals surface area contributed by atoms with Crippen molar-refractivity contribution in [3.8, 4) is 0 Å². The predicted octanol–water partition coefficient (Wildman–Crippen LogP) is 1.56. The van der Waals surface area contributed by atoms with Crippen molar-refractivity contribution in [2.45, 2.75) is 38.6 Å². The van der Waals surface area contributed by atoms with E-state index in [4.69, 9.17) is 10.8 Å². The second-order valence-corrected chi connectivity index (χ2v) is 3.62. The fourth-order valence-corrected chi connectivity index (χ4v) is 1.23. The summed E-state index contributed by atoms with van der Waals surface area (Å²) in [5.41, 5.74) is 4.20. The first kappa shape index (κ1) is 12.4. The SMILES string of the molecule is CC[C@H](C)C[C@@](N)(CCF)C(=O)O. The minimum atomic E-state index is -1.38. The molecule has 4 heteroatoms. The Morgan fingerprint density at radius 2 is 2.23 bits per heavy atom. The highest BCUT2D eigenvalue weighted by molar-refractivity contribution is 5.78. The summed E-state index contributed by atoms with van der Waals surface area (Å²) in [7, 11) is 0. The van der Waals surface area contributed by atoms with Gasteiger partial charge in [-0.05, 0) is 12.3 Å². The predicted molar refractivity (Wildman–Crippen MR) is 49.2 cm³/mol. The normalized spacial score (nSPS) is 17.8. The summed E-state index contributed by atoms with van der Waals surface area (Å²) in [6.45, 7) is 3.20. The molecule has 0 bridgehead atoms. The van der Waals surface area contributed by atoms with Gasteiger partial charge < -0.3 is 10.8 Å². The lowest BCUT2D eigenvalue weighted by molar-refractivity contribution is -0.144. The number of rotatable bonds is 6. The van der Waals surface area contributed by atoms with Crippen LogP contribution in [0.3, 0.4) is 0 Å². The molecular formula is C9H18FNO2. The maximum Gasteiger partial charge on any atom is 0.323 e. The highest BCUT2D eigenvalue weighted by Crippen LogP contribution is 2.20. The Morgan fingerprint density at radius 3 is 2.54 bits per heavy atom. The molecule has 0 heterocycles. The molecule has 0 aliphatic heterocycles. The Labute approximate surface area is 78.1 Å². The van der Waals surface area contributed by atoms with Crippen LogP contribution in [0.2, 0.25) is 0 Å². The number of aliphatic carboxylic acids is 1. The van der Waals surface area contributed by atoms with E-state index >= 15 is 0 Å². The Bertz CT molecular complexity index is 175. The fraction of sp³-hybridized carbons (Fsp3) is 0.889. The van der Waals surface area contributed by atoms with E-state index in [0.29, 0.717) is 6.42 Å². The third kappa shape index (κ3) is 3.72. The number of hydrogen-bond donors (Lipinski definition) is 2. The van der Waals surface area contributed by atoms with Gasteiger partial charge >= 0.3 is 5.97 Å². The molecule has 0 spiro atoms. The quantitative estimate of drug-likeness (QED) is 0.669. The third-order valence-electron chi connectivity index (χ3n) is 2.38. The van der Waals surface area contributed by atoms with Crippen molar-refractivity contribution in [3.63, 3.8) is 0 Å². The lowest BCUT2D eigenvalue weighted by atomic mass is 9.85. The first-order valence-electron chi connectivity index (χ1n) is 4.54. The van der Waals surface area contributed by atoms with Crippen LogP contribution in [0, 0.1) is 5.92 Å². The molecule has 2 atom stereocenters. The average molecular weight is 191 g/mol. The zero-order chi connectivity index (χ0) is 10.5. The highest BCUT2D eigenvalue weighted by atomic mass is 19.1. The number of alkyl halides is 1. The van der Waals surface area contributed by atoms with Gasteiger partial charge in [-0.15, -0.1) is 0 Å². The summed E-state index contributed by atoms with van der Waals surface area (Å²) in [4.78, 5) is 10.8. The van der Waals surface area contributed by atoms with Gasteiger partial charge in [0, 0.05) is 6.42 Å². The van der Waals surface area contributed by atoms with E-state index in [-0.39, 0.29) is 12.3 Å². The highest BCUT2D eigenvalue weighted by Gasteiger charge is 2.34. The van der Waals surface area contributed by atoms with Crippen LogP contribution in [0.15, 0.2) is 0 Å². The second kappa shape index (κ2) is 5.17. The molecule has 0 amide bonds. The second-order valence-electron chi connectivity index (χ2n) is 3.62. The summed E-state index contributed by atoms with van der Waals surface area (Å²) in [5.74, 6) is -0.891. The number of hydrogen-bond acceptors (Lipinski definition) is 2. The molecule has 0 aromatic rings. The van der Waals surface area contributed by atoms with Gasteiger partial charge in [-0.2, -0.15) is 0 Å². The molecule has 0 fully saturated rings. The summed E-state index contributed by atoms with van der Waals surface area (Å²) in [6, 6.07) is 0. The summed E-state index contributed by atoms with van der Waals surface area (Å²) < 4.78 is 12.1. The maximum atomic E-state index is 12.1. The zero-order valence-electron chi connectivity index (χ0n) is 8.22. The number of halogens is 1. The smallest absolute Gasteiger partial charge is 0.323 e. The van der Waals surface area contributed by atoms with Crippen molar-refractivity contribution in [1.29, 1.82) is 0 Å². The summed E-state index contributed by atoms with van der Waals surface area (Å²) in [5, 5.41) is 8.82. The molecule has 3 nitrogen and oxygen atoms in total. The van der Waals surface area contributed by atoms with E-state index in [9.17, 15) is 9.18 Å². The van der Waals surface area contributed by atoms with Crippen LogP contribution >= 0.6 is 0 Å². The van der Waals surface area contributed by atoms with Crippen LogP contribution in [0.4, 0.5) is 4.39 Å². The summed E-state index contributed by atoms with van der Waals surface area (Å²) >= 11 is 0. The van der Waals surface area contributed by atoms with Crippen molar-refractivity contribution in [2.24, 2.45) is 11.7 Å². The van der Waals surface area contributed by atoms with Gasteiger partial charge in [-0.25, -0.2) is 0 Å². The fourth-order valence-electron chi connectivity index (χ4n) is 1.23. The largest absolute Gasteiger partial charge is 0.480 e. The Balaban J connectivity index is 4.32.